The molecule has 0 saturated heterocycles. The van der Waals surface area contributed by atoms with Crippen LogP contribution in [-0.4, -0.2) is 17.6 Å². The second kappa shape index (κ2) is 5.69. The van der Waals surface area contributed by atoms with Gasteiger partial charge in [0.1, 0.15) is 11.1 Å². The third-order valence-electron chi connectivity index (χ3n) is 3.10. The first-order valence-corrected chi connectivity index (χ1v) is 7.09. The topological polar surface area (TPSA) is 78.4 Å². The maximum atomic E-state index is 12.0. The van der Waals surface area contributed by atoms with Crippen LogP contribution in [0.2, 0.25) is 5.02 Å². The number of benzene rings is 2. The molecular weight excluding hydrogens is 304 g/mol. The van der Waals surface area contributed by atoms with Crippen molar-refractivity contribution in [2.24, 2.45) is 0 Å². The van der Waals surface area contributed by atoms with Gasteiger partial charge < -0.3 is 14.9 Å². The number of ether oxygens (including phenoxy) is 1. The highest BCUT2D eigenvalue weighted by Gasteiger charge is 2.18. The lowest BCUT2D eigenvalue weighted by Gasteiger charge is -2.02. The second-order valence-electron chi connectivity index (χ2n) is 4.66. The van der Waals surface area contributed by atoms with Crippen LogP contribution < -0.4 is 5.73 Å². The Morgan fingerprint density at radius 3 is 2.73 bits per heavy atom. The minimum atomic E-state index is -0.487. The number of hydrogen-bond donors (Lipinski definition) is 1. The summed E-state index contributed by atoms with van der Waals surface area (Å²) in [6, 6.07) is 10.2. The summed E-state index contributed by atoms with van der Waals surface area (Å²) in [5.74, 6) is -0.0959. The minimum absolute atomic E-state index is 0.268. The molecule has 0 saturated carbocycles. The van der Waals surface area contributed by atoms with Crippen LogP contribution in [0.3, 0.4) is 0 Å². The zero-order chi connectivity index (χ0) is 15.7. The molecule has 0 fully saturated rings. The van der Waals surface area contributed by atoms with E-state index in [-0.39, 0.29) is 12.2 Å². The number of rotatable bonds is 3. The van der Waals surface area contributed by atoms with Crippen LogP contribution in [-0.2, 0) is 4.74 Å². The summed E-state index contributed by atoms with van der Waals surface area (Å²) in [5, 5.41) is 0.622. The number of aromatic nitrogens is 1. The van der Waals surface area contributed by atoms with Crippen LogP contribution in [0, 0.1) is 0 Å². The average molecular weight is 317 g/mol. The highest BCUT2D eigenvalue weighted by molar-refractivity contribution is 6.30. The largest absolute Gasteiger partial charge is 0.462 e. The van der Waals surface area contributed by atoms with Crippen LogP contribution >= 0.6 is 11.6 Å². The van der Waals surface area contributed by atoms with E-state index in [0.29, 0.717) is 27.7 Å². The van der Waals surface area contributed by atoms with Crippen LogP contribution in [0.15, 0.2) is 40.8 Å². The smallest absolute Gasteiger partial charge is 0.342 e. The molecule has 1 aromatic heterocycles. The van der Waals surface area contributed by atoms with Crippen molar-refractivity contribution >= 4 is 34.4 Å². The molecule has 0 bridgehead atoms. The Kier molecular flexibility index (Phi) is 3.73. The Balaban J connectivity index is 2.14. The summed E-state index contributed by atoms with van der Waals surface area (Å²) in [6.07, 6.45) is 0. The summed E-state index contributed by atoms with van der Waals surface area (Å²) in [4.78, 5) is 16.4. The number of nitrogens with two attached hydrogens (primary N) is 1. The molecule has 0 unspecified atom stereocenters. The van der Waals surface area contributed by atoms with E-state index in [9.17, 15) is 4.79 Å². The Morgan fingerprint density at radius 1 is 1.32 bits per heavy atom. The number of halogens is 1. The predicted octanol–water partition coefficient (Wildman–Crippen LogP) is 3.91. The summed E-state index contributed by atoms with van der Waals surface area (Å²) in [6.45, 7) is 2.01. The maximum absolute atomic E-state index is 12.0. The first-order valence-electron chi connectivity index (χ1n) is 6.71. The normalized spacial score (nSPS) is 10.8. The minimum Gasteiger partial charge on any atom is -0.462 e. The van der Waals surface area contributed by atoms with Crippen molar-refractivity contribution in [3.63, 3.8) is 0 Å². The van der Waals surface area contributed by atoms with Gasteiger partial charge >= 0.3 is 5.97 Å². The summed E-state index contributed by atoms with van der Waals surface area (Å²) < 4.78 is 10.8. The van der Waals surface area contributed by atoms with Gasteiger partial charge in [-0.1, -0.05) is 11.6 Å². The van der Waals surface area contributed by atoms with Crippen molar-refractivity contribution in [2.75, 3.05) is 12.3 Å². The van der Waals surface area contributed by atoms with Crippen molar-refractivity contribution in [3.8, 4) is 11.5 Å². The number of carbonyl (C=O) groups excluding carboxylic acids is 1. The molecule has 0 atom stereocenters. The maximum Gasteiger partial charge on any atom is 0.342 e. The van der Waals surface area contributed by atoms with Gasteiger partial charge in [0.15, 0.2) is 5.58 Å². The van der Waals surface area contributed by atoms with Crippen molar-refractivity contribution in [1.82, 2.24) is 4.98 Å². The number of carbonyl (C=O) groups is 1. The number of nitrogens with zero attached hydrogens (tertiary/aromatic N) is 1. The van der Waals surface area contributed by atoms with E-state index >= 15 is 0 Å². The molecule has 3 rings (SSSR count). The quantitative estimate of drug-likeness (QED) is 0.585. The fraction of sp³-hybridized carbons (Fsp3) is 0.125. The molecule has 2 N–H and O–H groups in total. The number of anilines is 1. The van der Waals surface area contributed by atoms with Crippen molar-refractivity contribution in [2.45, 2.75) is 6.92 Å². The highest BCUT2D eigenvalue weighted by Crippen LogP contribution is 2.29. The van der Waals surface area contributed by atoms with E-state index in [0.717, 1.165) is 5.56 Å². The van der Waals surface area contributed by atoms with Crippen LogP contribution in [0.5, 0.6) is 0 Å². The van der Waals surface area contributed by atoms with Crippen molar-refractivity contribution in [3.05, 3.63) is 47.0 Å². The van der Waals surface area contributed by atoms with E-state index < -0.39 is 5.97 Å². The van der Waals surface area contributed by atoms with E-state index in [1.54, 1.807) is 37.3 Å². The van der Waals surface area contributed by atoms with Gasteiger partial charge in [0.2, 0.25) is 5.89 Å². The van der Waals surface area contributed by atoms with Gasteiger partial charge in [-0.05, 0) is 43.3 Å². The Bertz CT molecular complexity index is 840. The lowest BCUT2D eigenvalue weighted by molar-refractivity contribution is 0.0527. The molecule has 0 radical (unpaired) electrons. The fourth-order valence-electron chi connectivity index (χ4n) is 2.13. The molecule has 0 aliphatic rings. The molecule has 0 aliphatic heterocycles. The molecule has 5 nitrogen and oxygen atoms in total. The van der Waals surface area contributed by atoms with Gasteiger partial charge in [0, 0.05) is 16.3 Å². The van der Waals surface area contributed by atoms with Gasteiger partial charge in [-0.3, -0.25) is 0 Å². The van der Waals surface area contributed by atoms with Gasteiger partial charge in [0.25, 0.3) is 0 Å². The van der Waals surface area contributed by atoms with E-state index in [4.69, 9.17) is 26.5 Å². The van der Waals surface area contributed by atoms with Gasteiger partial charge in [-0.15, -0.1) is 0 Å². The van der Waals surface area contributed by atoms with Crippen molar-refractivity contribution < 1.29 is 13.9 Å². The molecule has 0 spiro atoms. The zero-order valence-electron chi connectivity index (χ0n) is 11.8. The van der Waals surface area contributed by atoms with Crippen LogP contribution in [0.1, 0.15) is 17.3 Å². The summed E-state index contributed by atoms with van der Waals surface area (Å²) >= 11 is 5.87. The molecular formula is C16H13ClN2O3. The number of fused-ring (bicyclic) bond motifs is 1. The molecule has 22 heavy (non-hydrogen) atoms. The molecule has 112 valence electrons. The van der Waals surface area contributed by atoms with Gasteiger partial charge in [-0.25, -0.2) is 9.78 Å². The average Bonchev–Trinajstić information content (AvgIpc) is 2.91. The van der Waals surface area contributed by atoms with Gasteiger partial charge in [-0.2, -0.15) is 0 Å². The zero-order valence-corrected chi connectivity index (χ0v) is 12.6. The number of hydrogen-bond acceptors (Lipinski definition) is 5. The van der Waals surface area contributed by atoms with Gasteiger partial charge in [0.05, 0.1) is 6.61 Å². The first-order chi connectivity index (χ1) is 10.6. The SMILES string of the molecule is CCOC(=O)c1cc(N)cc2nc(-c3ccc(Cl)cc3)oc12. The highest BCUT2D eigenvalue weighted by atomic mass is 35.5. The molecule has 0 aliphatic carbocycles. The Labute approximate surface area is 131 Å². The van der Waals surface area contributed by atoms with E-state index in [2.05, 4.69) is 4.98 Å². The molecule has 0 amide bonds. The number of esters is 1. The van der Waals surface area contributed by atoms with Crippen LogP contribution in [0.25, 0.3) is 22.6 Å². The Hall–Kier alpha value is -2.53. The molecule has 2 aromatic carbocycles. The Morgan fingerprint density at radius 2 is 2.05 bits per heavy atom. The van der Waals surface area contributed by atoms with E-state index in [1.165, 1.54) is 6.07 Å². The third-order valence-corrected chi connectivity index (χ3v) is 3.35. The summed E-state index contributed by atoms with van der Waals surface area (Å²) in [7, 11) is 0. The number of nitrogen functional groups attached to an aromatic ring is 1. The molecule has 1 heterocycles. The predicted molar refractivity (Wildman–Crippen MR) is 84.8 cm³/mol. The third kappa shape index (κ3) is 2.63. The monoisotopic (exact) mass is 316 g/mol. The van der Waals surface area contributed by atoms with Crippen LogP contribution in [0.4, 0.5) is 5.69 Å². The first kappa shape index (κ1) is 14.4. The molecule has 3 aromatic rings. The number of oxazole rings is 1. The molecule has 6 heteroatoms. The van der Waals surface area contributed by atoms with Crippen molar-refractivity contribution in [1.29, 1.82) is 0 Å². The lowest BCUT2D eigenvalue weighted by atomic mass is 10.2. The fourth-order valence-corrected chi connectivity index (χ4v) is 2.26. The summed E-state index contributed by atoms with van der Waals surface area (Å²) in [5.41, 5.74) is 8.13. The van der Waals surface area contributed by atoms with E-state index in [1.807, 2.05) is 0 Å². The lowest BCUT2D eigenvalue weighted by Crippen LogP contribution is -2.05. The second-order valence-corrected chi connectivity index (χ2v) is 5.10. The standard InChI is InChI=1S/C16H13ClN2O3/c1-2-21-16(20)12-7-11(18)8-13-14(12)22-15(19-13)9-3-5-10(17)6-4-9/h3-8H,2,18H2,1H3.